The smallest absolute Gasteiger partial charge is 0.347 e. The van der Waals surface area contributed by atoms with Crippen LogP contribution >= 0.6 is 0 Å². The van der Waals surface area contributed by atoms with Crippen molar-refractivity contribution in [2.75, 3.05) is 24.3 Å². The summed E-state index contributed by atoms with van der Waals surface area (Å²) in [4.78, 5) is 22.5. The van der Waals surface area contributed by atoms with Gasteiger partial charge >= 0.3 is 6.18 Å². The lowest BCUT2D eigenvalue weighted by atomic mass is 10.1. The summed E-state index contributed by atoms with van der Waals surface area (Å²) in [6.45, 7) is 3.32. The van der Waals surface area contributed by atoms with Crippen LogP contribution in [0.5, 0.6) is 0 Å². The number of benzene rings is 1. The van der Waals surface area contributed by atoms with Crippen LogP contribution in [0.15, 0.2) is 24.3 Å². The first-order valence-corrected chi connectivity index (χ1v) is 7.11. The van der Waals surface area contributed by atoms with E-state index in [0.29, 0.717) is 23.0 Å². The Morgan fingerprint density at radius 1 is 1.08 bits per heavy atom. The molecule has 0 unspecified atom stereocenters. The Morgan fingerprint density at radius 2 is 1.62 bits per heavy atom. The predicted molar refractivity (Wildman–Crippen MR) is 85.2 cm³/mol. The second-order valence-electron chi connectivity index (χ2n) is 5.46. The molecule has 128 valence electrons. The third kappa shape index (κ3) is 3.64. The number of nitrogens with zero attached hydrogens (tertiary/aromatic N) is 3. The lowest BCUT2D eigenvalue weighted by Gasteiger charge is -2.17. The highest BCUT2D eigenvalue weighted by Gasteiger charge is 2.35. The van der Waals surface area contributed by atoms with E-state index in [4.69, 9.17) is 0 Å². The number of alkyl halides is 3. The molecule has 0 aliphatic carbocycles. The van der Waals surface area contributed by atoms with E-state index in [9.17, 15) is 18.0 Å². The Morgan fingerprint density at radius 3 is 2.12 bits per heavy atom. The van der Waals surface area contributed by atoms with Gasteiger partial charge in [-0.25, -0.2) is 9.97 Å². The van der Waals surface area contributed by atoms with Crippen LogP contribution in [0.4, 0.5) is 24.8 Å². The summed E-state index contributed by atoms with van der Waals surface area (Å²) in [5.41, 5.74) is -0.167. The standard InChI is InChI=1S/C16H17F3N4O/c1-9-13(10(2)21-15(20-9)23(3)4)22-14(24)11-7-5-6-8-12(11)16(17,18)19/h5-8H,1-4H3,(H,22,24). The van der Waals surface area contributed by atoms with Crippen molar-refractivity contribution in [2.24, 2.45) is 0 Å². The van der Waals surface area contributed by atoms with Gasteiger partial charge in [0.15, 0.2) is 0 Å². The molecule has 0 radical (unpaired) electrons. The molecule has 0 bridgehead atoms. The topological polar surface area (TPSA) is 58.1 Å². The molecule has 0 aliphatic rings. The first kappa shape index (κ1) is 17.7. The van der Waals surface area contributed by atoms with Gasteiger partial charge in [0.25, 0.3) is 5.91 Å². The maximum absolute atomic E-state index is 13.0. The quantitative estimate of drug-likeness (QED) is 0.931. The van der Waals surface area contributed by atoms with Crippen LogP contribution in [0, 0.1) is 13.8 Å². The Kier molecular flexibility index (Phi) is 4.77. The number of aromatic nitrogens is 2. The van der Waals surface area contributed by atoms with Crippen molar-refractivity contribution in [3.63, 3.8) is 0 Å². The maximum atomic E-state index is 13.0. The minimum atomic E-state index is -4.61. The van der Waals surface area contributed by atoms with Crippen LogP contribution in [0.1, 0.15) is 27.3 Å². The van der Waals surface area contributed by atoms with E-state index in [1.165, 1.54) is 12.1 Å². The molecule has 0 aliphatic heterocycles. The van der Waals surface area contributed by atoms with E-state index in [2.05, 4.69) is 15.3 Å². The molecule has 2 rings (SSSR count). The number of hydrogen-bond donors (Lipinski definition) is 1. The van der Waals surface area contributed by atoms with Crippen molar-refractivity contribution >= 4 is 17.5 Å². The summed E-state index contributed by atoms with van der Waals surface area (Å²) in [7, 11) is 3.54. The zero-order chi connectivity index (χ0) is 18.1. The highest BCUT2D eigenvalue weighted by molar-refractivity contribution is 6.06. The molecule has 0 saturated carbocycles. The van der Waals surface area contributed by atoms with E-state index >= 15 is 0 Å². The number of amides is 1. The van der Waals surface area contributed by atoms with Gasteiger partial charge in [0.2, 0.25) is 5.95 Å². The molecule has 8 heteroatoms. The zero-order valence-corrected chi connectivity index (χ0v) is 13.7. The number of carbonyl (C=O) groups is 1. The lowest BCUT2D eigenvalue weighted by Crippen LogP contribution is -2.21. The molecule has 1 heterocycles. The molecule has 5 nitrogen and oxygen atoms in total. The van der Waals surface area contributed by atoms with E-state index in [-0.39, 0.29) is 0 Å². The van der Waals surface area contributed by atoms with Crippen LogP contribution in [-0.2, 0) is 6.18 Å². The van der Waals surface area contributed by atoms with Crippen LogP contribution in [0.2, 0.25) is 0 Å². The van der Waals surface area contributed by atoms with Crippen molar-refractivity contribution in [3.8, 4) is 0 Å². The number of anilines is 2. The van der Waals surface area contributed by atoms with Crippen LogP contribution < -0.4 is 10.2 Å². The first-order valence-electron chi connectivity index (χ1n) is 7.11. The van der Waals surface area contributed by atoms with Crippen LogP contribution in [0.25, 0.3) is 0 Å². The average Bonchev–Trinajstić information content (AvgIpc) is 2.49. The van der Waals surface area contributed by atoms with Crippen molar-refractivity contribution in [2.45, 2.75) is 20.0 Å². The zero-order valence-electron chi connectivity index (χ0n) is 13.7. The highest BCUT2D eigenvalue weighted by atomic mass is 19.4. The SMILES string of the molecule is Cc1nc(N(C)C)nc(C)c1NC(=O)c1ccccc1C(F)(F)F. The molecule has 24 heavy (non-hydrogen) atoms. The van der Waals surface area contributed by atoms with Gasteiger partial charge in [0.1, 0.15) is 0 Å². The summed E-state index contributed by atoms with van der Waals surface area (Å²) < 4.78 is 39.1. The fourth-order valence-corrected chi connectivity index (χ4v) is 2.19. The number of carbonyl (C=O) groups excluding carboxylic acids is 1. The highest BCUT2D eigenvalue weighted by Crippen LogP contribution is 2.32. The number of halogens is 3. The van der Waals surface area contributed by atoms with Crippen molar-refractivity contribution in [1.29, 1.82) is 0 Å². The lowest BCUT2D eigenvalue weighted by molar-refractivity contribution is -0.137. The second kappa shape index (κ2) is 6.46. The van der Waals surface area contributed by atoms with Gasteiger partial charge in [0, 0.05) is 14.1 Å². The Labute approximate surface area is 137 Å². The van der Waals surface area contributed by atoms with Crippen molar-refractivity contribution in [1.82, 2.24) is 9.97 Å². The average molecular weight is 338 g/mol. The molecule has 1 amide bonds. The first-order chi connectivity index (χ1) is 11.1. The monoisotopic (exact) mass is 338 g/mol. The molecule has 1 N–H and O–H groups in total. The van der Waals surface area contributed by atoms with Gasteiger partial charge in [0.05, 0.1) is 28.2 Å². The number of hydrogen-bond acceptors (Lipinski definition) is 4. The summed E-state index contributed by atoms with van der Waals surface area (Å²) in [5.74, 6) is -0.394. The fourth-order valence-electron chi connectivity index (χ4n) is 2.19. The Bertz CT molecular complexity index is 749. The molecule has 1 aromatic carbocycles. The van der Waals surface area contributed by atoms with E-state index in [0.717, 1.165) is 12.1 Å². The fraction of sp³-hybridized carbons (Fsp3) is 0.312. The molecule has 0 atom stereocenters. The molecular formula is C16H17F3N4O. The van der Waals surface area contributed by atoms with Gasteiger partial charge in [-0.3, -0.25) is 4.79 Å². The van der Waals surface area contributed by atoms with Crippen molar-refractivity contribution < 1.29 is 18.0 Å². The molecular weight excluding hydrogens is 321 g/mol. The summed E-state index contributed by atoms with van der Waals surface area (Å²) in [6.07, 6.45) is -4.61. The van der Waals surface area contributed by atoms with E-state index in [1.807, 2.05) is 0 Å². The molecule has 0 spiro atoms. The molecule has 1 aromatic heterocycles. The van der Waals surface area contributed by atoms with Gasteiger partial charge in [-0.15, -0.1) is 0 Å². The van der Waals surface area contributed by atoms with E-state index < -0.39 is 23.2 Å². The number of rotatable bonds is 3. The number of nitrogens with one attached hydrogen (secondary N) is 1. The summed E-state index contributed by atoms with van der Waals surface area (Å²) in [6, 6.07) is 4.64. The van der Waals surface area contributed by atoms with Gasteiger partial charge < -0.3 is 10.2 Å². The van der Waals surface area contributed by atoms with E-state index in [1.54, 1.807) is 32.8 Å². The minimum absolute atomic E-state index is 0.308. The molecule has 0 fully saturated rings. The van der Waals surface area contributed by atoms with Gasteiger partial charge in [-0.1, -0.05) is 12.1 Å². The molecule has 0 saturated heterocycles. The summed E-state index contributed by atoms with van der Waals surface area (Å²) >= 11 is 0. The van der Waals surface area contributed by atoms with Gasteiger partial charge in [-0.05, 0) is 26.0 Å². The second-order valence-corrected chi connectivity index (χ2v) is 5.46. The number of aryl methyl sites for hydroxylation is 2. The predicted octanol–water partition coefficient (Wildman–Crippen LogP) is 3.43. The normalized spacial score (nSPS) is 11.3. The summed E-state index contributed by atoms with van der Waals surface area (Å²) in [5, 5.41) is 2.49. The molecule has 2 aromatic rings. The van der Waals surface area contributed by atoms with Gasteiger partial charge in [-0.2, -0.15) is 13.2 Å². The Hall–Kier alpha value is -2.64. The third-order valence-electron chi connectivity index (χ3n) is 3.37. The van der Waals surface area contributed by atoms with Crippen molar-refractivity contribution in [3.05, 3.63) is 46.8 Å². The third-order valence-corrected chi connectivity index (χ3v) is 3.37. The largest absolute Gasteiger partial charge is 0.417 e. The minimum Gasteiger partial charge on any atom is -0.347 e. The van der Waals surface area contributed by atoms with Crippen LogP contribution in [0.3, 0.4) is 0 Å². The Balaban J connectivity index is 2.39. The maximum Gasteiger partial charge on any atom is 0.417 e. The van der Waals surface area contributed by atoms with Crippen LogP contribution in [-0.4, -0.2) is 30.0 Å².